The van der Waals surface area contributed by atoms with E-state index in [0.717, 1.165) is 36.3 Å². The van der Waals surface area contributed by atoms with E-state index in [1.807, 2.05) is 31.2 Å². The lowest BCUT2D eigenvalue weighted by Crippen LogP contribution is -2.25. The SMILES string of the molecule is C=CCN(CCC)c1c(C)cccc1C#N. The molecule has 0 amide bonds. The van der Waals surface area contributed by atoms with Gasteiger partial charge >= 0.3 is 0 Å². The van der Waals surface area contributed by atoms with Gasteiger partial charge in [0.2, 0.25) is 0 Å². The highest BCUT2D eigenvalue weighted by Crippen LogP contribution is 2.24. The Kier molecular flexibility index (Phi) is 4.60. The molecule has 84 valence electrons. The first-order valence-corrected chi connectivity index (χ1v) is 5.60. The maximum Gasteiger partial charge on any atom is 0.101 e. The van der Waals surface area contributed by atoms with E-state index in [1.165, 1.54) is 0 Å². The van der Waals surface area contributed by atoms with Crippen LogP contribution in [0.25, 0.3) is 0 Å². The van der Waals surface area contributed by atoms with Crippen molar-refractivity contribution in [3.63, 3.8) is 0 Å². The number of aryl methyl sites for hydroxylation is 1. The van der Waals surface area contributed by atoms with Crippen molar-refractivity contribution in [3.05, 3.63) is 42.0 Å². The Hall–Kier alpha value is -1.75. The molecule has 0 radical (unpaired) electrons. The van der Waals surface area contributed by atoms with E-state index in [2.05, 4.69) is 24.5 Å². The standard InChI is InChI=1S/C14H18N2/c1-4-9-16(10-5-2)14-12(3)7-6-8-13(14)11-15/h4,6-8H,1,5,9-10H2,2-3H3. The van der Waals surface area contributed by atoms with Crippen LogP contribution in [0.3, 0.4) is 0 Å². The van der Waals surface area contributed by atoms with Gasteiger partial charge in [-0.05, 0) is 25.0 Å². The van der Waals surface area contributed by atoms with Crippen LogP contribution in [0, 0.1) is 18.3 Å². The van der Waals surface area contributed by atoms with Crippen molar-refractivity contribution in [2.75, 3.05) is 18.0 Å². The number of para-hydroxylation sites is 1. The van der Waals surface area contributed by atoms with Gasteiger partial charge in [0.25, 0.3) is 0 Å². The molecule has 0 atom stereocenters. The topological polar surface area (TPSA) is 27.0 Å². The lowest BCUT2D eigenvalue weighted by Gasteiger charge is -2.25. The van der Waals surface area contributed by atoms with Crippen molar-refractivity contribution in [2.24, 2.45) is 0 Å². The smallest absolute Gasteiger partial charge is 0.101 e. The largest absolute Gasteiger partial charge is 0.367 e. The average molecular weight is 214 g/mol. The Morgan fingerprint density at radius 2 is 2.25 bits per heavy atom. The number of rotatable bonds is 5. The van der Waals surface area contributed by atoms with Crippen molar-refractivity contribution in [2.45, 2.75) is 20.3 Å². The number of benzene rings is 1. The minimum Gasteiger partial charge on any atom is -0.367 e. The summed E-state index contributed by atoms with van der Waals surface area (Å²) in [5.74, 6) is 0. The molecule has 1 aromatic rings. The summed E-state index contributed by atoms with van der Waals surface area (Å²) < 4.78 is 0. The second-order valence-electron chi connectivity index (χ2n) is 3.82. The average Bonchev–Trinajstić information content (AvgIpc) is 2.28. The minimum absolute atomic E-state index is 0.746. The zero-order valence-electron chi connectivity index (χ0n) is 10.0. The van der Waals surface area contributed by atoms with Crippen LogP contribution in [0.5, 0.6) is 0 Å². The van der Waals surface area contributed by atoms with Crippen molar-refractivity contribution in [3.8, 4) is 6.07 Å². The molecule has 0 saturated heterocycles. The molecule has 1 aromatic carbocycles. The van der Waals surface area contributed by atoms with E-state index in [0.29, 0.717) is 0 Å². The summed E-state index contributed by atoms with van der Waals surface area (Å²) in [6, 6.07) is 8.10. The zero-order valence-corrected chi connectivity index (χ0v) is 10.0. The molecule has 0 aromatic heterocycles. The first kappa shape index (κ1) is 12.3. The second kappa shape index (κ2) is 5.97. The fourth-order valence-electron chi connectivity index (χ4n) is 1.89. The third-order valence-electron chi connectivity index (χ3n) is 2.52. The number of hydrogen-bond donors (Lipinski definition) is 0. The van der Waals surface area contributed by atoms with Gasteiger partial charge in [0.1, 0.15) is 6.07 Å². The number of nitrogens with zero attached hydrogens (tertiary/aromatic N) is 2. The monoisotopic (exact) mass is 214 g/mol. The Morgan fingerprint density at radius 3 is 2.81 bits per heavy atom. The second-order valence-corrected chi connectivity index (χ2v) is 3.82. The number of anilines is 1. The summed E-state index contributed by atoms with van der Waals surface area (Å²) in [6.45, 7) is 9.69. The predicted octanol–water partition coefficient (Wildman–Crippen LogP) is 3.27. The first-order valence-electron chi connectivity index (χ1n) is 5.60. The van der Waals surface area contributed by atoms with Crippen LogP contribution in [-0.2, 0) is 0 Å². The lowest BCUT2D eigenvalue weighted by molar-refractivity contribution is 0.812. The molecule has 0 fully saturated rings. The highest BCUT2D eigenvalue weighted by molar-refractivity contribution is 5.64. The molecule has 2 heteroatoms. The number of nitriles is 1. The van der Waals surface area contributed by atoms with Crippen molar-refractivity contribution in [1.29, 1.82) is 5.26 Å². The third-order valence-corrected chi connectivity index (χ3v) is 2.52. The molecule has 0 spiro atoms. The molecule has 0 aliphatic carbocycles. The van der Waals surface area contributed by atoms with E-state index < -0.39 is 0 Å². The quantitative estimate of drug-likeness (QED) is 0.703. The van der Waals surface area contributed by atoms with Gasteiger partial charge in [0.05, 0.1) is 11.3 Å². The third kappa shape index (κ3) is 2.64. The fraction of sp³-hybridized carbons (Fsp3) is 0.357. The van der Waals surface area contributed by atoms with Gasteiger partial charge < -0.3 is 4.90 Å². The van der Waals surface area contributed by atoms with Gasteiger partial charge in [-0.25, -0.2) is 0 Å². The highest BCUT2D eigenvalue weighted by atomic mass is 15.1. The molecule has 0 heterocycles. The zero-order chi connectivity index (χ0) is 12.0. The van der Waals surface area contributed by atoms with Gasteiger partial charge in [-0.15, -0.1) is 6.58 Å². The molecular formula is C14H18N2. The van der Waals surface area contributed by atoms with Gasteiger partial charge in [-0.1, -0.05) is 25.1 Å². The first-order chi connectivity index (χ1) is 7.74. The van der Waals surface area contributed by atoms with Crippen LogP contribution in [-0.4, -0.2) is 13.1 Å². The van der Waals surface area contributed by atoms with E-state index in [4.69, 9.17) is 5.26 Å². The highest BCUT2D eigenvalue weighted by Gasteiger charge is 2.11. The Morgan fingerprint density at radius 1 is 1.50 bits per heavy atom. The van der Waals surface area contributed by atoms with Crippen molar-refractivity contribution >= 4 is 5.69 Å². The van der Waals surface area contributed by atoms with Crippen molar-refractivity contribution < 1.29 is 0 Å². The molecule has 1 rings (SSSR count). The molecule has 0 saturated carbocycles. The maximum atomic E-state index is 9.13. The van der Waals surface area contributed by atoms with E-state index in [9.17, 15) is 0 Å². The fourth-order valence-corrected chi connectivity index (χ4v) is 1.89. The lowest BCUT2D eigenvalue weighted by atomic mass is 10.1. The summed E-state index contributed by atoms with van der Waals surface area (Å²) in [6.07, 6.45) is 2.94. The van der Waals surface area contributed by atoms with Gasteiger partial charge in [0.15, 0.2) is 0 Å². The molecule has 16 heavy (non-hydrogen) atoms. The van der Waals surface area contributed by atoms with E-state index >= 15 is 0 Å². The number of hydrogen-bond acceptors (Lipinski definition) is 2. The maximum absolute atomic E-state index is 9.13. The van der Waals surface area contributed by atoms with Crippen LogP contribution in [0.2, 0.25) is 0 Å². The molecule has 0 unspecified atom stereocenters. The summed E-state index contributed by atoms with van der Waals surface area (Å²) in [7, 11) is 0. The van der Waals surface area contributed by atoms with Gasteiger partial charge in [0, 0.05) is 13.1 Å². The summed E-state index contributed by atoms with van der Waals surface area (Å²) in [5.41, 5.74) is 2.94. The van der Waals surface area contributed by atoms with Crippen LogP contribution >= 0.6 is 0 Å². The van der Waals surface area contributed by atoms with E-state index in [-0.39, 0.29) is 0 Å². The Balaban J connectivity index is 3.16. The molecule has 0 bridgehead atoms. The summed E-state index contributed by atoms with van der Waals surface area (Å²) >= 11 is 0. The van der Waals surface area contributed by atoms with Crippen molar-refractivity contribution in [1.82, 2.24) is 0 Å². The Bertz CT molecular complexity index is 402. The van der Waals surface area contributed by atoms with E-state index in [1.54, 1.807) is 0 Å². The predicted molar refractivity (Wildman–Crippen MR) is 68.6 cm³/mol. The van der Waals surface area contributed by atoms with Crippen LogP contribution < -0.4 is 4.90 Å². The molecular weight excluding hydrogens is 196 g/mol. The molecule has 0 aliphatic rings. The molecule has 2 nitrogen and oxygen atoms in total. The van der Waals surface area contributed by atoms with Gasteiger partial charge in [-0.3, -0.25) is 0 Å². The molecule has 0 N–H and O–H groups in total. The molecule has 0 aliphatic heterocycles. The Labute approximate surface area is 97.8 Å². The van der Waals surface area contributed by atoms with Gasteiger partial charge in [-0.2, -0.15) is 5.26 Å². The van der Waals surface area contributed by atoms with Crippen LogP contribution in [0.4, 0.5) is 5.69 Å². The summed E-state index contributed by atoms with van der Waals surface area (Å²) in [4.78, 5) is 2.21. The normalized spacial score (nSPS) is 9.56. The van der Waals surface area contributed by atoms with Crippen LogP contribution in [0.1, 0.15) is 24.5 Å². The summed E-state index contributed by atoms with van der Waals surface area (Å²) in [5, 5.41) is 9.13. The van der Waals surface area contributed by atoms with Crippen LogP contribution in [0.15, 0.2) is 30.9 Å². The minimum atomic E-state index is 0.746.